The number of hydrogen-bond acceptors (Lipinski definition) is 12. The minimum Gasteiger partial charge on any atom is -0.508 e. The van der Waals surface area contributed by atoms with Gasteiger partial charge in [-0.05, 0) is 12.1 Å². The van der Waals surface area contributed by atoms with E-state index in [-0.39, 0.29) is 29.4 Å². The van der Waals surface area contributed by atoms with Gasteiger partial charge < -0.3 is 29.8 Å². The number of hydrogen-bond donors (Lipinski definition) is 3. The second-order valence-corrected chi connectivity index (χ2v) is 8.38. The number of phenolic OH excluding ortho intramolecular Hbond substituents is 1. The first-order valence-electron chi connectivity index (χ1n) is 10.1. The maximum Gasteiger partial charge on any atom is 0.358 e. The van der Waals surface area contributed by atoms with Crippen LogP contribution >= 0.6 is 11.8 Å². The molecule has 3 N–H and O–H groups in total. The molecule has 0 saturated carbocycles. The Morgan fingerprint density at radius 1 is 1.17 bits per heavy atom. The van der Waals surface area contributed by atoms with Gasteiger partial charge in [0.2, 0.25) is 6.79 Å². The molecule has 0 radical (unpaired) electrons. The largest absolute Gasteiger partial charge is 0.508 e. The van der Waals surface area contributed by atoms with E-state index < -0.39 is 53.6 Å². The van der Waals surface area contributed by atoms with Crippen LogP contribution in [0.25, 0.3) is 0 Å². The first kappa shape index (κ1) is 25.6. The average Bonchev–Trinajstić information content (AvgIpc) is 2.80. The van der Waals surface area contributed by atoms with E-state index >= 15 is 0 Å². The summed E-state index contributed by atoms with van der Waals surface area (Å²) < 4.78 is 14.5. The summed E-state index contributed by atoms with van der Waals surface area (Å²) in [4.78, 5) is 61.6. The molecule has 2 aliphatic heterocycles. The molecule has 1 fully saturated rings. The summed E-state index contributed by atoms with van der Waals surface area (Å²) in [5.41, 5.74) is -0.199. The van der Waals surface area contributed by atoms with Gasteiger partial charge >= 0.3 is 17.9 Å². The molecular formula is C21H21N3O10S. The molecule has 3 rings (SSSR count). The molecule has 2 amide bonds. The van der Waals surface area contributed by atoms with E-state index in [9.17, 15) is 34.3 Å². The Balaban J connectivity index is 1.78. The molecule has 1 aromatic rings. The third kappa shape index (κ3) is 5.71. The SMILES string of the molecule is CC(=O)OCOC(=O)C1=C(COC(C)=O)CS[C@@H]2[C@H](NC(=O)C(=NO)c3cccc(O)c3)C(=O)N12. The van der Waals surface area contributed by atoms with Crippen LogP contribution in [0.3, 0.4) is 0 Å². The maximum atomic E-state index is 12.9. The van der Waals surface area contributed by atoms with Crippen LogP contribution in [0, 0.1) is 0 Å². The highest BCUT2D eigenvalue weighted by molar-refractivity contribution is 8.00. The van der Waals surface area contributed by atoms with Crippen molar-refractivity contribution in [1.82, 2.24) is 10.2 Å². The van der Waals surface area contributed by atoms with Gasteiger partial charge in [0.15, 0.2) is 5.71 Å². The number of oxime groups is 1. The molecule has 0 aliphatic carbocycles. The third-order valence-electron chi connectivity index (χ3n) is 4.86. The van der Waals surface area contributed by atoms with Crippen LogP contribution in [0.1, 0.15) is 19.4 Å². The van der Waals surface area contributed by atoms with Crippen LogP contribution in [0.2, 0.25) is 0 Å². The van der Waals surface area contributed by atoms with Crippen LogP contribution in [0.15, 0.2) is 40.7 Å². The van der Waals surface area contributed by atoms with Crippen molar-refractivity contribution in [3.63, 3.8) is 0 Å². The van der Waals surface area contributed by atoms with E-state index in [0.29, 0.717) is 5.57 Å². The molecule has 14 heteroatoms. The van der Waals surface area contributed by atoms with Gasteiger partial charge in [-0.3, -0.25) is 24.1 Å². The number of thioether (sulfide) groups is 1. The van der Waals surface area contributed by atoms with E-state index in [1.807, 2.05) is 0 Å². The van der Waals surface area contributed by atoms with Gasteiger partial charge in [-0.25, -0.2) is 4.79 Å². The van der Waals surface area contributed by atoms with E-state index in [4.69, 9.17) is 9.47 Å². The van der Waals surface area contributed by atoms with Crippen molar-refractivity contribution in [2.45, 2.75) is 25.3 Å². The Kier molecular flexibility index (Phi) is 7.96. The standard InChI is InChI=1S/C21H21N3O10S/c1-10(25)32-7-13-8-35-20-16(19(29)24(20)17(13)21(30)34-9-33-11(2)26)22-18(28)15(23-31)12-4-3-5-14(27)6-12/h3-6,16,20,27,31H,7-9H2,1-2H3,(H,22,28)/t16-,20-/m1/s1. The Labute approximate surface area is 202 Å². The average molecular weight is 507 g/mol. The number of carbonyl (C=O) groups is 5. The topological polar surface area (TPSA) is 181 Å². The monoisotopic (exact) mass is 507 g/mol. The smallest absolute Gasteiger partial charge is 0.358 e. The van der Waals surface area contributed by atoms with Crippen molar-refractivity contribution in [1.29, 1.82) is 0 Å². The lowest BCUT2D eigenvalue weighted by atomic mass is 10.0. The van der Waals surface area contributed by atoms with Gasteiger partial charge in [0.25, 0.3) is 11.8 Å². The highest BCUT2D eigenvalue weighted by Crippen LogP contribution is 2.40. The summed E-state index contributed by atoms with van der Waals surface area (Å²) in [6, 6.07) is 4.37. The number of aromatic hydroxyl groups is 1. The lowest BCUT2D eigenvalue weighted by Crippen LogP contribution is -2.71. The van der Waals surface area contributed by atoms with Crippen LogP contribution in [-0.4, -0.2) is 81.2 Å². The van der Waals surface area contributed by atoms with E-state index in [2.05, 4.69) is 15.2 Å². The first-order chi connectivity index (χ1) is 16.6. The molecule has 2 heterocycles. The highest BCUT2D eigenvalue weighted by atomic mass is 32.2. The highest BCUT2D eigenvalue weighted by Gasteiger charge is 2.54. The summed E-state index contributed by atoms with van der Waals surface area (Å²) in [6.07, 6.45) is 0. The van der Waals surface area contributed by atoms with Gasteiger partial charge in [-0.2, -0.15) is 0 Å². The van der Waals surface area contributed by atoms with Crippen molar-refractivity contribution in [2.24, 2.45) is 5.16 Å². The van der Waals surface area contributed by atoms with Crippen molar-refractivity contribution in [3.05, 3.63) is 41.1 Å². The Morgan fingerprint density at radius 3 is 2.51 bits per heavy atom. The van der Waals surface area contributed by atoms with Gasteiger partial charge in [-0.1, -0.05) is 17.3 Å². The number of esters is 3. The molecule has 0 bridgehead atoms. The zero-order valence-corrected chi connectivity index (χ0v) is 19.4. The number of rotatable bonds is 8. The van der Waals surface area contributed by atoms with Crippen LogP contribution < -0.4 is 5.32 Å². The molecule has 1 aromatic carbocycles. The predicted molar refractivity (Wildman–Crippen MR) is 118 cm³/mol. The number of β-lactam (4-membered cyclic amide) rings is 1. The normalized spacial score (nSPS) is 19.3. The van der Waals surface area contributed by atoms with Crippen LogP contribution in [0.5, 0.6) is 5.75 Å². The number of ether oxygens (including phenoxy) is 3. The molecule has 35 heavy (non-hydrogen) atoms. The quantitative estimate of drug-likeness (QED) is 0.106. The number of amides is 2. The van der Waals surface area contributed by atoms with Crippen LogP contribution in [-0.2, 0) is 38.2 Å². The van der Waals surface area contributed by atoms with E-state index in [0.717, 1.165) is 11.8 Å². The minimum absolute atomic E-state index is 0.114. The van der Waals surface area contributed by atoms with Gasteiger partial charge in [0.1, 0.15) is 29.5 Å². The minimum atomic E-state index is -1.08. The predicted octanol–water partition coefficient (Wildman–Crippen LogP) is -0.149. The van der Waals surface area contributed by atoms with Crippen molar-refractivity contribution in [3.8, 4) is 5.75 Å². The lowest BCUT2D eigenvalue weighted by Gasteiger charge is -2.49. The molecule has 2 atom stereocenters. The second-order valence-electron chi connectivity index (χ2n) is 7.28. The Hall–Kier alpha value is -4.07. The number of benzene rings is 1. The summed E-state index contributed by atoms with van der Waals surface area (Å²) in [6.45, 7) is 1.36. The van der Waals surface area contributed by atoms with Crippen molar-refractivity contribution in [2.75, 3.05) is 19.2 Å². The number of nitrogens with one attached hydrogen (secondary N) is 1. The summed E-state index contributed by atoms with van der Waals surface area (Å²) in [7, 11) is 0. The number of phenols is 1. The lowest BCUT2D eigenvalue weighted by molar-refractivity contribution is -0.167. The first-order valence-corrected chi connectivity index (χ1v) is 11.1. The third-order valence-corrected chi connectivity index (χ3v) is 6.20. The van der Waals surface area contributed by atoms with Gasteiger partial charge in [-0.15, -0.1) is 11.8 Å². The zero-order valence-electron chi connectivity index (χ0n) is 18.5. The van der Waals surface area contributed by atoms with E-state index in [1.165, 1.54) is 43.0 Å². The molecule has 0 unspecified atom stereocenters. The molecule has 13 nitrogen and oxygen atoms in total. The fourth-order valence-corrected chi connectivity index (χ4v) is 4.63. The maximum absolute atomic E-state index is 12.9. The van der Waals surface area contributed by atoms with Crippen molar-refractivity contribution < 1.29 is 48.5 Å². The zero-order chi connectivity index (χ0) is 25.7. The fraction of sp³-hybridized carbons (Fsp3) is 0.333. The summed E-state index contributed by atoms with van der Waals surface area (Å²) in [5.74, 6) is -3.80. The fourth-order valence-electron chi connectivity index (χ4n) is 3.30. The molecule has 186 valence electrons. The van der Waals surface area contributed by atoms with Gasteiger partial charge in [0.05, 0.1) is 0 Å². The molecule has 1 saturated heterocycles. The summed E-state index contributed by atoms with van der Waals surface area (Å²) in [5, 5.41) is 23.6. The number of carbonyl (C=O) groups excluding carboxylic acids is 5. The Bertz CT molecular complexity index is 1130. The molecule has 2 aliphatic rings. The van der Waals surface area contributed by atoms with Crippen LogP contribution in [0.4, 0.5) is 0 Å². The van der Waals surface area contributed by atoms with E-state index in [1.54, 1.807) is 0 Å². The Morgan fingerprint density at radius 2 is 1.89 bits per heavy atom. The number of fused-ring (bicyclic) bond motifs is 1. The van der Waals surface area contributed by atoms with Gasteiger partial charge in [0, 0.05) is 30.7 Å². The molecular weight excluding hydrogens is 486 g/mol. The second kappa shape index (κ2) is 10.9. The van der Waals surface area contributed by atoms with Crippen molar-refractivity contribution >= 4 is 47.2 Å². The molecule has 0 aromatic heterocycles. The molecule has 0 spiro atoms. The summed E-state index contributed by atoms with van der Waals surface area (Å²) >= 11 is 1.20. The number of nitrogens with zero attached hydrogens (tertiary/aromatic N) is 2.